The lowest BCUT2D eigenvalue weighted by atomic mass is 9.89. The van der Waals surface area contributed by atoms with Crippen molar-refractivity contribution < 1.29 is 27.9 Å². The summed E-state index contributed by atoms with van der Waals surface area (Å²) >= 11 is 0. The van der Waals surface area contributed by atoms with Crippen LogP contribution in [0.1, 0.15) is 67.2 Å². The number of likely N-dealkylation sites (tertiary alicyclic amines) is 1. The number of hydrogen-bond donors (Lipinski definition) is 1. The lowest BCUT2D eigenvalue weighted by molar-refractivity contribution is 0.0182. The number of Topliss-reactive ketones (excluding diaryl/α,β-unsaturated/α-hetero) is 2. The SMILES string of the molecule is CC(C)(C)OC(=O)N1CCC(C(=O)c2ccc(F)cc2)CC1.Cl.O=C(c1ccc(F)cc1)C1CCNCC1. The number of halogens is 3. The number of ketones is 2. The second-order valence-corrected chi connectivity index (χ2v) is 10.5. The summed E-state index contributed by atoms with van der Waals surface area (Å²) in [5, 5.41) is 3.22. The molecule has 0 spiro atoms. The third kappa shape index (κ3) is 9.48. The molecule has 2 aromatic rings. The van der Waals surface area contributed by atoms with Crippen LogP contribution in [-0.2, 0) is 4.74 Å². The minimum absolute atomic E-state index is 0. The number of carbonyl (C=O) groups excluding carboxylic acids is 3. The number of rotatable bonds is 4. The maximum absolute atomic E-state index is 12.9. The fraction of sp³-hybridized carbons (Fsp3) is 0.483. The monoisotopic (exact) mass is 550 g/mol. The summed E-state index contributed by atoms with van der Waals surface area (Å²) < 4.78 is 30.9. The van der Waals surface area contributed by atoms with E-state index in [1.54, 1.807) is 17.0 Å². The van der Waals surface area contributed by atoms with Crippen molar-refractivity contribution in [3.63, 3.8) is 0 Å². The lowest BCUT2D eigenvalue weighted by Crippen LogP contribution is -2.43. The van der Waals surface area contributed by atoms with E-state index in [0.29, 0.717) is 37.1 Å². The fourth-order valence-electron chi connectivity index (χ4n) is 4.43. The Balaban J connectivity index is 0.000000277. The Labute approximate surface area is 229 Å². The summed E-state index contributed by atoms with van der Waals surface area (Å²) in [5.41, 5.74) is 0.637. The summed E-state index contributed by atoms with van der Waals surface area (Å²) in [4.78, 5) is 37.9. The molecule has 208 valence electrons. The van der Waals surface area contributed by atoms with Crippen LogP contribution in [0.15, 0.2) is 48.5 Å². The maximum Gasteiger partial charge on any atom is 0.410 e. The van der Waals surface area contributed by atoms with Crippen molar-refractivity contribution in [3.05, 3.63) is 71.3 Å². The average molecular weight is 551 g/mol. The maximum atomic E-state index is 12.9. The van der Waals surface area contributed by atoms with Gasteiger partial charge in [-0.2, -0.15) is 0 Å². The predicted molar refractivity (Wildman–Crippen MR) is 145 cm³/mol. The predicted octanol–water partition coefficient (Wildman–Crippen LogP) is 6.09. The number of piperidine rings is 2. The smallest absolute Gasteiger partial charge is 0.410 e. The molecule has 0 saturated carbocycles. The molecule has 2 heterocycles. The van der Waals surface area contributed by atoms with E-state index in [-0.39, 0.29) is 53.5 Å². The molecule has 2 aliphatic heterocycles. The van der Waals surface area contributed by atoms with Crippen LogP contribution in [0.5, 0.6) is 0 Å². The molecule has 0 aromatic heterocycles. The highest BCUT2D eigenvalue weighted by Crippen LogP contribution is 2.23. The molecule has 9 heteroatoms. The minimum Gasteiger partial charge on any atom is -0.444 e. The molecule has 2 saturated heterocycles. The van der Waals surface area contributed by atoms with Crippen molar-refractivity contribution >= 4 is 30.1 Å². The summed E-state index contributed by atoms with van der Waals surface area (Å²) in [5.74, 6) is -0.491. The number of ether oxygens (including phenoxy) is 1. The zero-order chi connectivity index (χ0) is 27.0. The highest BCUT2D eigenvalue weighted by Gasteiger charge is 2.30. The zero-order valence-corrected chi connectivity index (χ0v) is 23.0. The van der Waals surface area contributed by atoms with Gasteiger partial charge in [-0.1, -0.05) is 0 Å². The van der Waals surface area contributed by atoms with Gasteiger partial charge in [-0.15, -0.1) is 12.4 Å². The Bertz CT molecular complexity index is 1060. The third-order valence-electron chi connectivity index (χ3n) is 6.48. The van der Waals surface area contributed by atoms with E-state index in [1.807, 2.05) is 20.8 Å². The first kappa shape index (κ1) is 31.4. The van der Waals surface area contributed by atoms with Crippen molar-refractivity contribution in [1.82, 2.24) is 10.2 Å². The molecule has 0 bridgehead atoms. The molecule has 38 heavy (non-hydrogen) atoms. The summed E-state index contributed by atoms with van der Waals surface area (Å²) in [6, 6.07) is 11.4. The number of benzene rings is 2. The zero-order valence-electron chi connectivity index (χ0n) is 22.2. The van der Waals surface area contributed by atoms with Crippen molar-refractivity contribution in [2.45, 2.75) is 52.1 Å². The molecule has 6 nitrogen and oxygen atoms in total. The van der Waals surface area contributed by atoms with Crippen LogP contribution >= 0.6 is 12.4 Å². The van der Waals surface area contributed by atoms with Crippen molar-refractivity contribution in [2.24, 2.45) is 11.8 Å². The van der Waals surface area contributed by atoms with Crippen molar-refractivity contribution in [2.75, 3.05) is 26.2 Å². The second kappa shape index (κ2) is 14.4. The van der Waals surface area contributed by atoms with Crippen LogP contribution in [0.4, 0.5) is 13.6 Å². The Morgan fingerprint density at radius 1 is 0.763 bits per heavy atom. The standard InChI is InChI=1S/C17H22FNO3.C12H14FNO.ClH/c1-17(2,3)22-16(21)19-10-8-13(9-11-19)15(20)12-4-6-14(18)7-5-12;13-11-3-1-9(2-4-11)12(15)10-5-7-14-8-6-10;/h4-7,13H,8-11H2,1-3H3;1-4,10,14H,5-8H2;1H. The molecular weight excluding hydrogens is 514 g/mol. The molecular formula is C29H37ClF2N2O4. The molecule has 0 atom stereocenters. The van der Waals surface area contributed by atoms with Gasteiger partial charge in [0.1, 0.15) is 17.2 Å². The normalized spacial score (nSPS) is 16.5. The largest absolute Gasteiger partial charge is 0.444 e. The van der Waals surface area contributed by atoms with Crippen LogP contribution < -0.4 is 5.32 Å². The van der Waals surface area contributed by atoms with E-state index < -0.39 is 5.60 Å². The number of carbonyl (C=O) groups is 3. The van der Waals surface area contributed by atoms with Crippen molar-refractivity contribution in [3.8, 4) is 0 Å². The Hall–Kier alpha value is -2.84. The summed E-state index contributed by atoms with van der Waals surface area (Å²) in [7, 11) is 0. The van der Waals surface area contributed by atoms with Gasteiger partial charge in [-0.05, 0) is 108 Å². The number of nitrogens with one attached hydrogen (secondary N) is 1. The van der Waals surface area contributed by atoms with E-state index in [1.165, 1.54) is 36.4 Å². The molecule has 4 rings (SSSR count). The number of hydrogen-bond acceptors (Lipinski definition) is 5. The first-order valence-electron chi connectivity index (χ1n) is 12.8. The minimum atomic E-state index is -0.516. The van der Waals surface area contributed by atoms with Crippen LogP contribution in [-0.4, -0.2) is 54.3 Å². The fourth-order valence-corrected chi connectivity index (χ4v) is 4.43. The van der Waals surface area contributed by atoms with Gasteiger partial charge in [0.2, 0.25) is 0 Å². The van der Waals surface area contributed by atoms with E-state index >= 15 is 0 Å². The van der Waals surface area contributed by atoms with Gasteiger partial charge in [0.25, 0.3) is 0 Å². The Kier molecular flexibility index (Phi) is 11.9. The molecule has 0 unspecified atom stereocenters. The van der Waals surface area contributed by atoms with Crippen LogP contribution in [0.2, 0.25) is 0 Å². The Morgan fingerprint density at radius 3 is 1.55 bits per heavy atom. The van der Waals surface area contributed by atoms with E-state index in [9.17, 15) is 23.2 Å². The number of amides is 1. The van der Waals surface area contributed by atoms with Crippen LogP contribution in [0.25, 0.3) is 0 Å². The van der Waals surface area contributed by atoms with Crippen LogP contribution in [0.3, 0.4) is 0 Å². The van der Waals surface area contributed by atoms with E-state index in [2.05, 4.69) is 5.32 Å². The van der Waals surface area contributed by atoms with Gasteiger partial charge < -0.3 is 15.0 Å². The van der Waals surface area contributed by atoms with Crippen LogP contribution in [0, 0.1) is 23.5 Å². The van der Waals surface area contributed by atoms with Gasteiger partial charge in [0.05, 0.1) is 0 Å². The van der Waals surface area contributed by atoms with Gasteiger partial charge in [-0.3, -0.25) is 9.59 Å². The third-order valence-corrected chi connectivity index (χ3v) is 6.48. The Morgan fingerprint density at radius 2 is 1.16 bits per heavy atom. The van der Waals surface area contributed by atoms with Gasteiger partial charge in [-0.25, -0.2) is 13.6 Å². The molecule has 0 radical (unpaired) electrons. The highest BCUT2D eigenvalue weighted by molar-refractivity contribution is 5.98. The van der Waals surface area contributed by atoms with E-state index in [4.69, 9.17) is 4.74 Å². The second-order valence-electron chi connectivity index (χ2n) is 10.5. The van der Waals surface area contributed by atoms with Crippen molar-refractivity contribution in [1.29, 1.82) is 0 Å². The number of nitrogens with zero attached hydrogens (tertiary/aromatic N) is 1. The summed E-state index contributed by atoms with van der Waals surface area (Å²) in [6.07, 6.45) is 2.65. The van der Waals surface area contributed by atoms with Gasteiger partial charge in [0, 0.05) is 36.1 Å². The molecule has 0 aliphatic carbocycles. The molecule has 2 fully saturated rings. The molecule has 2 aliphatic rings. The lowest BCUT2D eigenvalue weighted by Gasteiger charge is -2.32. The topological polar surface area (TPSA) is 75.7 Å². The quantitative estimate of drug-likeness (QED) is 0.467. The van der Waals surface area contributed by atoms with E-state index in [0.717, 1.165) is 25.9 Å². The molecule has 1 amide bonds. The first-order valence-corrected chi connectivity index (χ1v) is 12.8. The molecule has 2 aromatic carbocycles. The van der Waals surface area contributed by atoms with Gasteiger partial charge >= 0.3 is 6.09 Å². The first-order chi connectivity index (χ1) is 17.5. The average Bonchev–Trinajstić information content (AvgIpc) is 2.89. The molecule has 1 N–H and O–H groups in total. The summed E-state index contributed by atoms with van der Waals surface area (Å²) in [6.45, 7) is 8.30. The van der Waals surface area contributed by atoms with Gasteiger partial charge in [0.15, 0.2) is 11.6 Å². The highest BCUT2D eigenvalue weighted by atomic mass is 35.5.